The maximum Gasteiger partial charge on any atom is 0.126 e. The number of nitrogens with zero attached hydrogens (tertiary/aromatic N) is 1. The van der Waals surface area contributed by atoms with Crippen LogP contribution in [0.1, 0.15) is 24.5 Å². The Labute approximate surface area is 114 Å². The largest absolute Gasteiger partial charge is 0.496 e. The van der Waals surface area contributed by atoms with Crippen LogP contribution in [-0.2, 0) is 6.54 Å². The third-order valence-corrected chi connectivity index (χ3v) is 3.12. The fraction of sp³-hybridized carbons (Fsp3) is 0.500. The Bertz CT molecular complexity index is 440. The number of nitriles is 1. The van der Waals surface area contributed by atoms with E-state index in [9.17, 15) is 0 Å². The summed E-state index contributed by atoms with van der Waals surface area (Å²) in [7, 11) is 1.66. The third kappa shape index (κ3) is 3.90. The second-order valence-corrected chi connectivity index (χ2v) is 4.72. The molecule has 0 aliphatic heterocycles. The highest BCUT2D eigenvalue weighted by atomic mass is 35.5. The highest BCUT2D eigenvalue weighted by Crippen LogP contribution is 2.27. The molecule has 3 nitrogen and oxygen atoms in total. The number of halogens is 1. The number of hydrogen-bond acceptors (Lipinski definition) is 3. The van der Waals surface area contributed by atoms with Gasteiger partial charge in [-0.15, -0.1) is 0 Å². The molecule has 0 aliphatic rings. The number of benzene rings is 1. The number of aryl methyl sites for hydroxylation is 1. The van der Waals surface area contributed by atoms with Crippen LogP contribution in [-0.4, -0.2) is 13.7 Å². The summed E-state index contributed by atoms with van der Waals surface area (Å²) >= 11 is 6.04. The van der Waals surface area contributed by atoms with E-state index in [1.54, 1.807) is 7.11 Å². The lowest BCUT2D eigenvalue weighted by atomic mass is 10.1. The summed E-state index contributed by atoms with van der Waals surface area (Å²) in [5, 5.41) is 12.9. The topological polar surface area (TPSA) is 45.0 Å². The van der Waals surface area contributed by atoms with Crippen LogP contribution in [0.4, 0.5) is 0 Å². The summed E-state index contributed by atoms with van der Waals surface area (Å²) in [5.41, 5.74) is 2.05. The second-order valence-electron chi connectivity index (χ2n) is 4.28. The highest BCUT2D eigenvalue weighted by Gasteiger charge is 2.09. The van der Waals surface area contributed by atoms with Crippen molar-refractivity contribution in [1.29, 1.82) is 5.26 Å². The fourth-order valence-corrected chi connectivity index (χ4v) is 2.18. The summed E-state index contributed by atoms with van der Waals surface area (Å²) in [6.45, 7) is 5.32. The molecule has 18 heavy (non-hydrogen) atoms. The van der Waals surface area contributed by atoms with Gasteiger partial charge in [0.05, 0.1) is 19.1 Å². The lowest BCUT2D eigenvalue weighted by Crippen LogP contribution is -2.21. The van der Waals surface area contributed by atoms with E-state index in [0.29, 0.717) is 18.1 Å². The zero-order chi connectivity index (χ0) is 13.5. The van der Waals surface area contributed by atoms with Crippen LogP contribution >= 0.6 is 11.6 Å². The Morgan fingerprint density at radius 1 is 1.50 bits per heavy atom. The molecule has 1 atom stereocenters. The molecular weight excluding hydrogens is 248 g/mol. The molecule has 1 unspecified atom stereocenters. The quantitative estimate of drug-likeness (QED) is 0.859. The van der Waals surface area contributed by atoms with Gasteiger partial charge in [0.2, 0.25) is 0 Å². The molecule has 4 heteroatoms. The molecule has 0 aromatic heterocycles. The van der Waals surface area contributed by atoms with Gasteiger partial charge in [-0.3, -0.25) is 0 Å². The normalized spacial score (nSPS) is 11.9. The van der Waals surface area contributed by atoms with E-state index in [1.165, 1.54) is 0 Å². The van der Waals surface area contributed by atoms with E-state index in [2.05, 4.69) is 11.4 Å². The molecule has 0 heterocycles. The van der Waals surface area contributed by atoms with Crippen LogP contribution in [0, 0.1) is 24.2 Å². The first kappa shape index (κ1) is 14.8. The predicted molar refractivity (Wildman–Crippen MR) is 73.8 cm³/mol. The Morgan fingerprint density at radius 3 is 2.78 bits per heavy atom. The van der Waals surface area contributed by atoms with Crippen molar-refractivity contribution in [2.24, 2.45) is 5.92 Å². The van der Waals surface area contributed by atoms with Gasteiger partial charge in [0.25, 0.3) is 0 Å². The molecule has 1 rings (SSSR count). The molecule has 0 radical (unpaired) electrons. The number of methoxy groups -OCH3 is 1. The number of ether oxygens (including phenoxy) is 1. The maximum atomic E-state index is 8.88. The molecule has 0 saturated heterocycles. The average Bonchev–Trinajstić information content (AvgIpc) is 2.34. The number of hydrogen-bond donors (Lipinski definition) is 1. The molecule has 1 N–H and O–H groups in total. The molecule has 0 saturated carbocycles. The molecule has 0 bridgehead atoms. The van der Waals surface area contributed by atoms with E-state index >= 15 is 0 Å². The van der Waals surface area contributed by atoms with Gasteiger partial charge in [0.1, 0.15) is 5.75 Å². The molecular formula is C14H19ClN2O. The Kier molecular flexibility index (Phi) is 5.97. The fourth-order valence-electron chi connectivity index (χ4n) is 1.89. The molecule has 0 fully saturated rings. The summed E-state index contributed by atoms with van der Waals surface area (Å²) in [6.07, 6.45) is 0.856. The molecule has 1 aromatic carbocycles. The van der Waals surface area contributed by atoms with E-state index in [4.69, 9.17) is 21.6 Å². The first-order chi connectivity index (χ1) is 8.62. The van der Waals surface area contributed by atoms with E-state index in [0.717, 1.165) is 23.3 Å². The Balaban J connectivity index is 2.70. The van der Waals surface area contributed by atoms with Crippen molar-refractivity contribution in [3.63, 3.8) is 0 Å². The average molecular weight is 267 g/mol. The summed E-state index contributed by atoms with van der Waals surface area (Å²) in [6, 6.07) is 6.05. The molecule has 0 aliphatic carbocycles. The van der Waals surface area contributed by atoms with Crippen LogP contribution in [0.15, 0.2) is 12.1 Å². The van der Waals surface area contributed by atoms with E-state index in [-0.39, 0.29) is 5.92 Å². The van der Waals surface area contributed by atoms with Gasteiger partial charge >= 0.3 is 0 Å². The SMILES string of the molecule is CCC(C#N)CNCc1cc(Cl)cc(C)c1OC. The van der Waals surface area contributed by atoms with Crippen LogP contribution in [0.3, 0.4) is 0 Å². The minimum absolute atomic E-state index is 0.0521. The third-order valence-electron chi connectivity index (χ3n) is 2.90. The summed E-state index contributed by atoms with van der Waals surface area (Å²) in [4.78, 5) is 0. The number of rotatable bonds is 6. The van der Waals surface area contributed by atoms with Crippen molar-refractivity contribution in [2.75, 3.05) is 13.7 Å². The Hall–Kier alpha value is -1.24. The van der Waals surface area contributed by atoms with Crippen molar-refractivity contribution in [1.82, 2.24) is 5.32 Å². The lowest BCUT2D eigenvalue weighted by Gasteiger charge is -2.14. The zero-order valence-corrected chi connectivity index (χ0v) is 11.8. The second kappa shape index (κ2) is 7.25. The molecule has 98 valence electrons. The molecule has 0 spiro atoms. The van der Waals surface area contributed by atoms with Gasteiger partial charge in [0.15, 0.2) is 0 Å². The van der Waals surface area contributed by atoms with Gasteiger partial charge in [0, 0.05) is 23.7 Å². The van der Waals surface area contributed by atoms with E-state index in [1.807, 2.05) is 26.0 Å². The zero-order valence-electron chi connectivity index (χ0n) is 11.1. The first-order valence-electron chi connectivity index (χ1n) is 6.05. The van der Waals surface area contributed by atoms with Crippen molar-refractivity contribution in [2.45, 2.75) is 26.8 Å². The lowest BCUT2D eigenvalue weighted by molar-refractivity contribution is 0.403. The maximum absolute atomic E-state index is 8.88. The van der Waals surface area contributed by atoms with Gasteiger partial charge in [-0.1, -0.05) is 18.5 Å². The van der Waals surface area contributed by atoms with Gasteiger partial charge < -0.3 is 10.1 Å². The van der Waals surface area contributed by atoms with Gasteiger partial charge in [-0.2, -0.15) is 5.26 Å². The predicted octanol–water partition coefficient (Wildman–Crippen LogP) is 3.30. The van der Waals surface area contributed by atoms with Crippen LogP contribution in [0.25, 0.3) is 0 Å². The number of nitrogens with one attached hydrogen (secondary N) is 1. The smallest absolute Gasteiger partial charge is 0.126 e. The van der Waals surface area contributed by atoms with Gasteiger partial charge in [-0.25, -0.2) is 0 Å². The molecule has 1 aromatic rings. The van der Waals surface area contributed by atoms with Crippen molar-refractivity contribution in [3.8, 4) is 11.8 Å². The summed E-state index contributed by atoms with van der Waals surface area (Å²) < 4.78 is 5.38. The van der Waals surface area contributed by atoms with E-state index < -0.39 is 0 Å². The van der Waals surface area contributed by atoms with Crippen LogP contribution < -0.4 is 10.1 Å². The minimum Gasteiger partial charge on any atom is -0.496 e. The summed E-state index contributed by atoms with van der Waals surface area (Å²) in [5.74, 6) is 0.910. The minimum atomic E-state index is 0.0521. The van der Waals surface area contributed by atoms with Gasteiger partial charge in [-0.05, 0) is 31.0 Å². The van der Waals surface area contributed by atoms with Crippen molar-refractivity contribution < 1.29 is 4.74 Å². The molecule has 0 amide bonds. The van der Waals surface area contributed by atoms with Crippen LogP contribution in [0.5, 0.6) is 5.75 Å². The first-order valence-corrected chi connectivity index (χ1v) is 6.43. The van der Waals surface area contributed by atoms with Crippen molar-refractivity contribution >= 4 is 11.6 Å². The standard InChI is InChI=1S/C14H19ClN2O/c1-4-11(7-16)8-17-9-12-6-13(15)5-10(2)14(12)18-3/h5-6,11,17H,4,8-9H2,1-3H3. The Morgan fingerprint density at radius 2 is 2.22 bits per heavy atom. The van der Waals surface area contributed by atoms with Crippen molar-refractivity contribution in [3.05, 3.63) is 28.3 Å². The highest BCUT2D eigenvalue weighted by molar-refractivity contribution is 6.30. The monoisotopic (exact) mass is 266 g/mol. The van der Waals surface area contributed by atoms with Crippen LogP contribution in [0.2, 0.25) is 5.02 Å².